The quantitative estimate of drug-likeness (QED) is 0.605. The molecular formula is C15H22N4O2. The normalized spacial score (nSPS) is 10.8. The van der Waals surface area contributed by atoms with Crippen molar-refractivity contribution in [3.63, 3.8) is 0 Å². The second-order valence-corrected chi connectivity index (χ2v) is 4.80. The van der Waals surface area contributed by atoms with Crippen molar-refractivity contribution in [2.24, 2.45) is 0 Å². The Hall–Kier alpha value is -2.11. The van der Waals surface area contributed by atoms with E-state index < -0.39 is 0 Å². The van der Waals surface area contributed by atoms with Gasteiger partial charge in [-0.15, -0.1) is 0 Å². The van der Waals surface area contributed by atoms with Crippen molar-refractivity contribution in [2.45, 2.75) is 40.0 Å². The minimum Gasteiger partial charge on any atom is -0.462 e. The predicted octanol–water partition coefficient (Wildman–Crippen LogP) is 2.91. The number of fused-ring (bicyclic) bond motifs is 1. The van der Waals surface area contributed by atoms with E-state index in [1.54, 1.807) is 13.1 Å². The molecule has 2 heterocycles. The van der Waals surface area contributed by atoms with Crippen LogP contribution in [0, 0.1) is 0 Å². The smallest absolute Gasteiger partial charge is 0.342 e. The van der Waals surface area contributed by atoms with E-state index in [2.05, 4.69) is 27.4 Å². The van der Waals surface area contributed by atoms with Crippen LogP contribution >= 0.6 is 0 Å². The number of carbonyl (C=O) groups is 1. The largest absolute Gasteiger partial charge is 0.462 e. The van der Waals surface area contributed by atoms with Gasteiger partial charge in [-0.05, 0) is 19.8 Å². The van der Waals surface area contributed by atoms with Gasteiger partial charge in [0.1, 0.15) is 5.56 Å². The van der Waals surface area contributed by atoms with Crippen molar-refractivity contribution in [3.05, 3.63) is 17.5 Å². The number of aromatic amines is 1. The molecule has 114 valence electrons. The molecule has 2 aromatic heterocycles. The molecule has 6 heteroatoms. The van der Waals surface area contributed by atoms with Gasteiger partial charge in [0, 0.05) is 6.54 Å². The number of unbranched alkanes of at least 4 members (excludes halogenated alkanes) is 1. The highest BCUT2D eigenvalue weighted by atomic mass is 16.5. The van der Waals surface area contributed by atoms with Crippen LogP contribution in [0.25, 0.3) is 11.0 Å². The zero-order valence-corrected chi connectivity index (χ0v) is 12.8. The molecule has 0 saturated carbocycles. The topological polar surface area (TPSA) is 79.9 Å². The van der Waals surface area contributed by atoms with Crippen molar-refractivity contribution >= 4 is 22.7 Å². The van der Waals surface area contributed by atoms with Gasteiger partial charge in [-0.2, -0.15) is 5.10 Å². The Morgan fingerprint density at radius 3 is 2.86 bits per heavy atom. The van der Waals surface area contributed by atoms with Crippen LogP contribution < -0.4 is 5.32 Å². The number of carbonyl (C=O) groups excluding carboxylic acids is 1. The second kappa shape index (κ2) is 7.06. The summed E-state index contributed by atoms with van der Waals surface area (Å²) in [6.07, 6.45) is 4.47. The predicted molar refractivity (Wildman–Crippen MR) is 82.6 cm³/mol. The number of aromatic nitrogens is 3. The Kier molecular flexibility index (Phi) is 5.14. The molecule has 21 heavy (non-hydrogen) atoms. The molecule has 0 radical (unpaired) electrons. The molecule has 0 fully saturated rings. The van der Waals surface area contributed by atoms with E-state index in [0.29, 0.717) is 24.2 Å². The molecule has 0 amide bonds. The lowest BCUT2D eigenvalue weighted by Gasteiger charge is -2.15. The van der Waals surface area contributed by atoms with Crippen molar-refractivity contribution in [3.8, 4) is 0 Å². The number of pyridine rings is 1. The van der Waals surface area contributed by atoms with E-state index in [4.69, 9.17) is 4.74 Å². The molecule has 0 spiro atoms. The van der Waals surface area contributed by atoms with Crippen LogP contribution in [0.2, 0.25) is 0 Å². The monoisotopic (exact) mass is 290 g/mol. The Labute approximate surface area is 124 Å². The van der Waals surface area contributed by atoms with Crippen molar-refractivity contribution < 1.29 is 9.53 Å². The average Bonchev–Trinajstić information content (AvgIpc) is 2.95. The summed E-state index contributed by atoms with van der Waals surface area (Å²) in [4.78, 5) is 16.8. The van der Waals surface area contributed by atoms with E-state index in [-0.39, 0.29) is 5.97 Å². The minimum absolute atomic E-state index is 0.330. The highest BCUT2D eigenvalue weighted by molar-refractivity contribution is 6.05. The number of rotatable bonds is 7. The maximum atomic E-state index is 12.3. The molecule has 0 aliphatic heterocycles. The third kappa shape index (κ3) is 3.15. The van der Waals surface area contributed by atoms with E-state index in [1.165, 1.54) is 0 Å². The molecule has 0 bridgehead atoms. The van der Waals surface area contributed by atoms with Gasteiger partial charge in [0.25, 0.3) is 0 Å². The number of ether oxygens (including phenoxy) is 1. The van der Waals surface area contributed by atoms with Crippen molar-refractivity contribution in [2.75, 3.05) is 18.5 Å². The fourth-order valence-electron chi connectivity index (χ4n) is 2.27. The Morgan fingerprint density at radius 1 is 1.38 bits per heavy atom. The molecule has 0 aliphatic carbocycles. The van der Waals surface area contributed by atoms with Crippen LogP contribution in [0.5, 0.6) is 0 Å². The summed E-state index contributed by atoms with van der Waals surface area (Å²) in [6, 6.07) is 0. The number of nitrogens with zero attached hydrogens (tertiary/aromatic N) is 2. The number of hydrogen-bond acceptors (Lipinski definition) is 5. The first-order valence-electron chi connectivity index (χ1n) is 7.49. The molecule has 2 aromatic rings. The van der Waals surface area contributed by atoms with Gasteiger partial charge in [-0.3, -0.25) is 5.10 Å². The zero-order valence-electron chi connectivity index (χ0n) is 12.8. The number of nitrogens with one attached hydrogen (secondary N) is 2. The molecule has 0 saturated heterocycles. The van der Waals surface area contributed by atoms with Crippen LogP contribution in [0.15, 0.2) is 6.20 Å². The average molecular weight is 290 g/mol. The summed E-state index contributed by atoms with van der Waals surface area (Å²) in [5.41, 5.74) is 2.73. The number of hydrogen-bond donors (Lipinski definition) is 2. The molecule has 0 unspecified atom stereocenters. The molecule has 0 aliphatic rings. The Balaban J connectivity index is 2.53. The van der Waals surface area contributed by atoms with Gasteiger partial charge in [0.15, 0.2) is 5.65 Å². The maximum absolute atomic E-state index is 12.3. The molecular weight excluding hydrogens is 268 g/mol. The van der Waals surface area contributed by atoms with Gasteiger partial charge in [0.2, 0.25) is 0 Å². The first-order chi connectivity index (χ1) is 10.2. The van der Waals surface area contributed by atoms with Crippen LogP contribution in [-0.4, -0.2) is 34.3 Å². The lowest BCUT2D eigenvalue weighted by Crippen LogP contribution is -2.15. The Bertz CT molecular complexity index is 621. The van der Waals surface area contributed by atoms with Gasteiger partial charge in [-0.25, -0.2) is 9.78 Å². The second-order valence-electron chi connectivity index (χ2n) is 4.80. The lowest BCUT2D eigenvalue weighted by molar-refractivity contribution is 0.0526. The standard InChI is InChI=1S/C15H22N4O2/c1-4-7-8-16-13-10-9-17-19-14(10)18-11(5-2)12(13)15(20)21-6-3/h9H,4-8H2,1-3H3,(H2,16,17,18,19). The van der Waals surface area contributed by atoms with Crippen molar-refractivity contribution in [1.29, 1.82) is 0 Å². The maximum Gasteiger partial charge on any atom is 0.342 e. The van der Waals surface area contributed by atoms with Gasteiger partial charge < -0.3 is 10.1 Å². The lowest BCUT2D eigenvalue weighted by atomic mass is 10.1. The number of anilines is 1. The first-order valence-corrected chi connectivity index (χ1v) is 7.49. The highest BCUT2D eigenvalue weighted by Gasteiger charge is 2.22. The van der Waals surface area contributed by atoms with E-state index in [9.17, 15) is 4.79 Å². The molecule has 2 N–H and O–H groups in total. The van der Waals surface area contributed by atoms with Gasteiger partial charge in [0.05, 0.1) is 29.6 Å². The summed E-state index contributed by atoms with van der Waals surface area (Å²) in [6.45, 7) is 7.06. The molecule has 0 aromatic carbocycles. The number of H-pyrrole nitrogens is 1. The molecule has 2 rings (SSSR count). The van der Waals surface area contributed by atoms with Crippen LogP contribution in [0.3, 0.4) is 0 Å². The molecule has 0 atom stereocenters. The summed E-state index contributed by atoms with van der Waals surface area (Å²) in [5, 5.41) is 11.1. The van der Waals surface area contributed by atoms with Crippen LogP contribution in [0.1, 0.15) is 49.7 Å². The van der Waals surface area contributed by atoms with Crippen LogP contribution in [0.4, 0.5) is 5.69 Å². The summed E-state index contributed by atoms with van der Waals surface area (Å²) < 4.78 is 5.19. The minimum atomic E-state index is -0.330. The third-order valence-electron chi connectivity index (χ3n) is 3.32. The summed E-state index contributed by atoms with van der Waals surface area (Å²) >= 11 is 0. The van der Waals surface area contributed by atoms with E-state index in [1.807, 2.05) is 6.92 Å². The fraction of sp³-hybridized carbons (Fsp3) is 0.533. The number of esters is 1. The number of aryl methyl sites for hydroxylation is 1. The zero-order chi connectivity index (χ0) is 15.2. The fourth-order valence-corrected chi connectivity index (χ4v) is 2.27. The Morgan fingerprint density at radius 2 is 2.19 bits per heavy atom. The van der Waals surface area contributed by atoms with Gasteiger partial charge >= 0.3 is 5.97 Å². The molecule has 6 nitrogen and oxygen atoms in total. The van der Waals surface area contributed by atoms with Gasteiger partial charge in [-0.1, -0.05) is 20.3 Å². The van der Waals surface area contributed by atoms with E-state index >= 15 is 0 Å². The first kappa shape index (κ1) is 15.3. The summed E-state index contributed by atoms with van der Waals surface area (Å²) in [5.74, 6) is -0.330. The summed E-state index contributed by atoms with van der Waals surface area (Å²) in [7, 11) is 0. The van der Waals surface area contributed by atoms with Crippen LogP contribution in [-0.2, 0) is 11.2 Å². The van der Waals surface area contributed by atoms with E-state index in [0.717, 1.165) is 36.2 Å². The SMILES string of the molecule is CCCCNc1c(C(=O)OCC)c(CC)nc2[nH]ncc12. The highest BCUT2D eigenvalue weighted by Crippen LogP contribution is 2.28. The third-order valence-corrected chi connectivity index (χ3v) is 3.32. The van der Waals surface area contributed by atoms with Crippen molar-refractivity contribution in [1.82, 2.24) is 15.2 Å².